The monoisotopic (exact) mass is 314 g/mol. The van der Waals surface area contributed by atoms with Crippen molar-refractivity contribution in [2.45, 2.75) is 32.7 Å². The lowest BCUT2D eigenvalue weighted by molar-refractivity contribution is 0.386. The van der Waals surface area contributed by atoms with Crippen LogP contribution in [0.1, 0.15) is 26.5 Å². The second-order valence-electron chi connectivity index (χ2n) is 7.13. The summed E-state index contributed by atoms with van der Waals surface area (Å²) in [5.41, 5.74) is 2.77. The van der Waals surface area contributed by atoms with Crippen LogP contribution < -0.4 is 5.76 Å². The molecule has 6 heteroatoms. The highest BCUT2D eigenvalue weighted by Crippen LogP contribution is 2.31. The van der Waals surface area contributed by atoms with Crippen molar-refractivity contribution in [2.75, 3.05) is 20.6 Å². The van der Waals surface area contributed by atoms with Crippen LogP contribution >= 0.6 is 0 Å². The molecule has 0 spiro atoms. The summed E-state index contributed by atoms with van der Waals surface area (Å²) in [4.78, 5) is 22.6. The average Bonchev–Trinajstić information content (AvgIpc) is 2.86. The lowest BCUT2D eigenvalue weighted by atomic mass is 9.89. The van der Waals surface area contributed by atoms with Gasteiger partial charge in [-0.15, -0.1) is 0 Å². The molecular formula is C17H22N4O2. The Morgan fingerprint density at radius 1 is 1.26 bits per heavy atom. The van der Waals surface area contributed by atoms with E-state index in [2.05, 4.69) is 14.9 Å². The molecule has 3 rings (SSSR count). The summed E-state index contributed by atoms with van der Waals surface area (Å²) < 4.78 is 7.51. The first-order chi connectivity index (χ1) is 10.8. The first-order valence-corrected chi connectivity index (χ1v) is 7.71. The van der Waals surface area contributed by atoms with Gasteiger partial charge >= 0.3 is 5.76 Å². The highest BCUT2D eigenvalue weighted by molar-refractivity contribution is 6.01. The van der Waals surface area contributed by atoms with Gasteiger partial charge in [0.1, 0.15) is 5.52 Å². The fraction of sp³-hybridized carbons (Fsp3) is 0.471. The first-order valence-electron chi connectivity index (χ1n) is 7.71. The van der Waals surface area contributed by atoms with Crippen molar-refractivity contribution in [2.24, 2.45) is 0 Å². The third kappa shape index (κ3) is 2.86. The first kappa shape index (κ1) is 15.7. The highest BCUT2D eigenvalue weighted by Gasteiger charge is 2.22. The summed E-state index contributed by atoms with van der Waals surface area (Å²) in [6.45, 7) is 7.79. The maximum atomic E-state index is 12.0. The number of hydrogen-bond acceptors (Lipinski definition) is 5. The second kappa shape index (κ2) is 5.45. The zero-order valence-electron chi connectivity index (χ0n) is 14.3. The summed E-state index contributed by atoms with van der Waals surface area (Å²) in [5, 5.41) is 0.871. The molecule has 0 amide bonds. The van der Waals surface area contributed by atoms with Crippen LogP contribution in [0.25, 0.3) is 22.0 Å². The maximum absolute atomic E-state index is 12.0. The Balaban J connectivity index is 2.32. The van der Waals surface area contributed by atoms with Gasteiger partial charge in [0.25, 0.3) is 0 Å². The SMILES string of the molecule is CN(C)CCn1cnc2ccc3c(C(C)(C)C)nc(=O)oc3c21. The van der Waals surface area contributed by atoms with E-state index in [1.807, 2.05) is 51.6 Å². The Morgan fingerprint density at radius 2 is 2.00 bits per heavy atom. The third-order valence-electron chi connectivity index (χ3n) is 3.88. The smallest absolute Gasteiger partial charge is 0.406 e. The van der Waals surface area contributed by atoms with Crippen LogP contribution in [0.4, 0.5) is 0 Å². The van der Waals surface area contributed by atoms with E-state index in [0.717, 1.165) is 35.2 Å². The van der Waals surface area contributed by atoms with Gasteiger partial charge in [0.15, 0.2) is 5.58 Å². The van der Waals surface area contributed by atoms with Crippen LogP contribution in [0.2, 0.25) is 0 Å². The van der Waals surface area contributed by atoms with Crippen LogP contribution in [-0.2, 0) is 12.0 Å². The fourth-order valence-corrected chi connectivity index (χ4v) is 2.73. The third-order valence-corrected chi connectivity index (χ3v) is 3.88. The molecule has 0 unspecified atom stereocenters. The number of hydrogen-bond donors (Lipinski definition) is 0. The van der Waals surface area contributed by atoms with E-state index >= 15 is 0 Å². The molecule has 0 saturated heterocycles. The van der Waals surface area contributed by atoms with Crippen molar-refractivity contribution in [1.82, 2.24) is 19.4 Å². The normalized spacial score (nSPS) is 12.6. The molecule has 0 radical (unpaired) electrons. The summed E-state index contributed by atoms with van der Waals surface area (Å²) >= 11 is 0. The van der Waals surface area contributed by atoms with Crippen molar-refractivity contribution in [3.8, 4) is 0 Å². The number of aromatic nitrogens is 3. The molecule has 0 aliphatic carbocycles. The van der Waals surface area contributed by atoms with Gasteiger partial charge in [-0.1, -0.05) is 20.8 Å². The predicted molar refractivity (Wildman–Crippen MR) is 90.8 cm³/mol. The number of likely N-dealkylation sites (N-methyl/N-ethyl adjacent to an activating group) is 1. The second-order valence-corrected chi connectivity index (χ2v) is 7.13. The van der Waals surface area contributed by atoms with Crippen LogP contribution in [-0.4, -0.2) is 40.1 Å². The van der Waals surface area contributed by atoms with Gasteiger partial charge in [0.2, 0.25) is 0 Å². The number of imidazole rings is 1. The van der Waals surface area contributed by atoms with Crippen LogP contribution in [0.3, 0.4) is 0 Å². The van der Waals surface area contributed by atoms with E-state index in [1.54, 1.807) is 6.33 Å². The minimum Gasteiger partial charge on any atom is -0.406 e. The zero-order valence-corrected chi connectivity index (χ0v) is 14.3. The molecule has 122 valence electrons. The topological polar surface area (TPSA) is 64.2 Å². The molecule has 0 aliphatic rings. The van der Waals surface area contributed by atoms with Crippen molar-refractivity contribution >= 4 is 22.0 Å². The van der Waals surface area contributed by atoms with E-state index in [1.165, 1.54) is 0 Å². The van der Waals surface area contributed by atoms with Gasteiger partial charge in [-0.05, 0) is 26.2 Å². The lowest BCUT2D eigenvalue weighted by Gasteiger charge is -2.19. The molecule has 1 aromatic carbocycles. The predicted octanol–water partition coefficient (Wildman–Crippen LogP) is 2.40. The van der Waals surface area contributed by atoms with Crippen molar-refractivity contribution in [3.63, 3.8) is 0 Å². The average molecular weight is 314 g/mol. The van der Waals surface area contributed by atoms with E-state index in [0.29, 0.717) is 5.58 Å². The lowest BCUT2D eigenvalue weighted by Crippen LogP contribution is -2.20. The van der Waals surface area contributed by atoms with Crippen molar-refractivity contribution in [1.29, 1.82) is 0 Å². The van der Waals surface area contributed by atoms with E-state index < -0.39 is 5.76 Å². The largest absolute Gasteiger partial charge is 0.439 e. The quantitative estimate of drug-likeness (QED) is 0.743. The van der Waals surface area contributed by atoms with Gasteiger partial charge in [0, 0.05) is 23.9 Å². The molecular weight excluding hydrogens is 292 g/mol. The Morgan fingerprint density at radius 3 is 2.65 bits per heavy atom. The molecule has 0 atom stereocenters. The molecule has 3 aromatic rings. The van der Waals surface area contributed by atoms with Gasteiger partial charge in [-0.25, -0.2) is 9.78 Å². The van der Waals surface area contributed by atoms with Gasteiger partial charge in [0.05, 0.1) is 17.5 Å². The highest BCUT2D eigenvalue weighted by atomic mass is 16.4. The standard InChI is InChI=1S/C17H22N4O2/c1-17(2,3)15-11-6-7-12-13(14(11)23-16(22)19-15)21(10-18-12)9-8-20(4)5/h6-7,10H,8-9H2,1-5H3. The zero-order chi connectivity index (χ0) is 16.8. The molecule has 2 aromatic heterocycles. The van der Waals surface area contributed by atoms with Crippen molar-refractivity contribution in [3.05, 3.63) is 34.7 Å². The fourth-order valence-electron chi connectivity index (χ4n) is 2.73. The van der Waals surface area contributed by atoms with Gasteiger partial charge in [-0.3, -0.25) is 0 Å². The number of nitrogens with zero attached hydrogens (tertiary/aromatic N) is 4. The van der Waals surface area contributed by atoms with Gasteiger partial charge < -0.3 is 13.9 Å². The molecule has 0 N–H and O–H groups in total. The van der Waals surface area contributed by atoms with E-state index in [-0.39, 0.29) is 5.41 Å². The number of rotatable bonds is 3. The van der Waals surface area contributed by atoms with Crippen LogP contribution in [0.5, 0.6) is 0 Å². The molecule has 0 aliphatic heterocycles. The Labute approximate surface area is 134 Å². The molecule has 0 fully saturated rings. The van der Waals surface area contributed by atoms with E-state index in [4.69, 9.17) is 4.42 Å². The van der Waals surface area contributed by atoms with Gasteiger partial charge in [-0.2, -0.15) is 4.98 Å². The molecule has 2 heterocycles. The minimum absolute atomic E-state index is 0.240. The minimum atomic E-state index is -0.560. The summed E-state index contributed by atoms with van der Waals surface area (Å²) in [6, 6.07) is 3.90. The number of fused-ring (bicyclic) bond motifs is 3. The summed E-state index contributed by atoms with van der Waals surface area (Å²) in [5.74, 6) is -0.560. The Hall–Kier alpha value is -2.21. The molecule has 0 saturated carbocycles. The summed E-state index contributed by atoms with van der Waals surface area (Å²) in [7, 11) is 4.05. The molecule has 23 heavy (non-hydrogen) atoms. The van der Waals surface area contributed by atoms with Crippen LogP contribution in [0, 0.1) is 0 Å². The maximum Gasteiger partial charge on any atom is 0.439 e. The molecule has 0 bridgehead atoms. The Kier molecular flexibility index (Phi) is 3.72. The number of benzene rings is 1. The Bertz CT molecular complexity index is 916. The van der Waals surface area contributed by atoms with Crippen LogP contribution in [0.15, 0.2) is 27.7 Å². The summed E-state index contributed by atoms with van der Waals surface area (Å²) in [6.07, 6.45) is 1.80. The van der Waals surface area contributed by atoms with Crippen molar-refractivity contribution < 1.29 is 4.42 Å². The molecule has 6 nitrogen and oxygen atoms in total. The van der Waals surface area contributed by atoms with E-state index in [9.17, 15) is 4.79 Å².